The van der Waals surface area contributed by atoms with Crippen LogP contribution in [0.25, 0.3) is 0 Å². The van der Waals surface area contributed by atoms with E-state index in [1.54, 1.807) is 12.4 Å². The predicted molar refractivity (Wildman–Crippen MR) is 98.5 cm³/mol. The summed E-state index contributed by atoms with van der Waals surface area (Å²) in [5.74, 6) is 0.939. The highest BCUT2D eigenvalue weighted by molar-refractivity contribution is 5.76. The largest absolute Gasteiger partial charge is 0.337 e. The molecule has 0 saturated carbocycles. The van der Waals surface area contributed by atoms with Crippen molar-refractivity contribution >= 4 is 5.91 Å². The van der Waals surface area contributed by atoms with Gasteiger partial charge in [-0.1, -0.05) is 18.6 Å². The molecule has 1 aliphatic heterocycles. The van der Waals surface area contributed by atoms with Gasteiger partial charge in [-0.25, -0.2) is 0 Å². The lowest BCUT2D eigenvalue weighted by Crippen LogP contribution is -2.34. The molecule has 0 spiro atoms. The number of pyridine rings is 1. The van der Waals surface area contributed by atoms with Crippen molar-refractivity contribution in [3.63, 3.8) is 0 Å². The SMILES string of the molecule is CC(C)=CCCC(C)CN1CCC(=O)N(Cc2ccncc2)CC1. The first-order valence-electron chi connectivity index (χ1n) is 9.07. The second kappa shape index (κ2) is 9.58. The highest BCUT2D eigenvalue weighted by Gasteiger charge is 2.21. The Morgan fingerprint density at radius 1 is 1.25 bits per heavy atom. The normalized spacial score (nSPS) is 17.5. The summed E-state index contributed by atoms with van der Waals surface area (Å²) in [5.41, 5.74) is 2.55. The van der Waals surface area contributed by atoms with Crippen LogP contribution in [-0.4, -0.2) is 46.9 Å². The summed E-state index contributed by atoms with van der Waals surface area (Å²) in [7, 11) is 0. The minimum Gasteiger partial charge on any atom is -0.337 e. The maximum absolute atomic E-state index is 12.4. The number of carbonyl (C=O) groups is 1. The third-order valence-electron chi connectivity index (χ3n) is 4.59. The van der Waals surface area contributed by atoms with Crippen molar-refractivity contribution in [2.24, 2.45) is 5.92 Å². The molecule has 0 bridgehead atoms. The molecule has 1 aliphatic rings. The van der Waals surface area contributed by atoms with Crippen LogP contribution in [0.15, 0.2) is 36.2 Å². The maximum atomic E-state index is 12.4. The maximum Gasteiger partial charge on any atom is 0.224 e. The molecule has 0 aromatic carbocycles. The highest BCUT2D eigenvalue weighted by Crippen LogP contribution is 2.14. The molecule has 1 saturated heterocycles. The highest BCUT2D eigenvalue weighted by atomic mass is 16.2. The van der Waals surface area contributed by atoms with Crippen LogP contribution in [0.4, 0.5) is 0 Å². The Morgan fingerprint density at radius 2 is 2.00 bits per heavy atom. The van der Waals surface area contributed by atoms with Crippen molar-refractivity contribution in [2.75, 3.05) is 26.2 Å². The topological polar surface area (TPSA) is 36.4 Å². The lowest BCUT2D eigenvalue weighted by atomic mass is 10.0. The van der Waals surface area contributed by atoms with Gasteiger partial charge in [-0.3, -0.25) is 9.78 Å². The van der Waals surface area contributed by atoms with E-state index in [0.717, 1.165) is 38.2 Å². The number of hydrogen-bond donors (Lipinski definition) is 0. The molecule has 1 amide bonds. The summed E-state index contributed by atoms with van der Waals surface area (Å²) in [5, 5.41) is 0. The zero-order chi connectivity index (χ0) is 17.4. The Morgan fingerprint density at radius 3 is 2.71 bits per heavy atom. The van der Waals surface area contributed by atoms with Crippen LogP contribution >= 0.6 is 0 Å². The smallest absolute Gasteiger partial charge is 0.224 e. The van der Waals surface area contributed by atoms with Gasteiger partial charge in [0.2, 0.25) is 5.91 Å². The van der Waals surface area contributed by atoms with E-state index in [0.29, 0.717) is 18.9 Å². The molecule has 1 aromatic heterocycles. The Labute approximate surface area is 146 Å². The lowest BCUT2D eigenvalue weighted by Gasteiger charge is -2.24. The second-order valence-corrected chi connectivity index (χ2v) is 7.19. The van der Waals surface area contributed by atoms with Gasteiger partial charge in [-0.05, 0) is 50.3 Å². The number of aromatic nitrogens is 1. The van der Waals surface area contributed by atoms with E-state index in [9.17, 15) is 4.79 Å². The fourth-order valence-corrected chi connectivity index (χ4v) is 3.16. The molecule has 0 radical (unpaired) electrons. The summed E-state index contributed by atoms with van der Waals surface area (Å²) in [4.78, 5) is 20.9. The minimum atomic E-state index is 0.270. The summed E-state index contributed by atoms with van der Waals surface area (Å²) >= 11 is 0. The molecule has 2 heterocycles. The van der Waals surface area contributed by atoms with Gasteiger partial charge in [0.05, 0.1) is 0 Å². The van der Waals surface area contributed by atoms with Gasteiger partial charge >= 0.3 is 0 Å². The Balaban J connectivity index is 1.80. The molecule has 24 heavy (non-hydrogen) atoms. The molecule has 0 aliphatic carbocycles. The summed E-state index contributed by atoms with van der Waals surface area (Å²) in [6, 6.07) is 3.97. The van der Waals surface area contributed by atoms with E-state index in [1.165, 1.54) is 12.0 Å². The number of amides is 1. The fourth-order valence-electron chi connectivity index (χ4n) is 3.16. The van der Waals surface area contributed by atoms with Gasteiger partial charge in [0.25, 0.3) is 0 Å². The number of allylic oxidation sites excluding steroid dienone is 2. The van der Waals surface area contributed by atoms with Crippen LogP contribution in [0.1, 0.15) is 45.6 Å². The summed E-state index contributed by atoms with van der Waals surface area (Å²) < 4.78 is 0. The standard InChI is InChI=1S/C20H31N3O/c1-17(2)5-4-6-18(3)15-22-12-9-20(24)23(14-13-22)16-19-7-10-21-11-8-19/h5,7-8,10-11,18H,4,6,9,12-16H2,1-3H3. The average molecular weight is 329 g/mol. The molecule has 1 aromatic rings. The monoisotopic (exact) mass is 329 g/mol. The zero-order valence-electron chi connectivity index (χ0n) is 15.4. The average Bonchev–Trinajstić information content (AvgIpc) is 2.71. The van der Waals surface area contributed by atoms with Crippen molar-refractivity contribution in [3.05, 3.63) is 41.7 Å². The van der Waals surface area contributed by atoms with Crippen molar-refractivity contribution < 1.29 is 4.79 Å². The van der Waals surface area contributed by atoms with Gasteiger partial charge in [-0.2, -0.15) is 0 Å². The molecule has 4 nitrogen and oxygen atoms in total. The van der Waals surface area contributed by atoms with Crippen LogP contribution in [-0.2, 0) is 11.3 Å². The van der Waals surface area contributed by atoms with Crippen molar-refractivity contribution in [1.29, 1.82) is 0 Å². The lowest BCUT2D eigenvalue weighted by molar-refractivity contribution is -0.130. The first kappa shape index (κ1) is 18.7. The second-order valence-electron chi connectivity index (χ2n) is 7.19. The molecule has 1 fully saturated rings. The molecular formula is C20H31N3O. The first-order chi connectivity index (χ1) is 11.5. The molecule has 1 atom stereocenters. The van der Waals surface area contributed by atoms with Gasteiger partial charge in [-0.15, -0.1) is 0 Å². The van der Waals surface area contributed by atoms with E-state index in [1.807, 2.05) is 17.0 Å². The van der Waals surface area contributed by atoms with Crippen LogP contribution in [0, 0.1) is 5.92 Å². The van der Waals surface area contributed by atoms with Gasteiger partial charge in [0, 0.05) is 51.5 Å². The third-order valence-corrected chi connectivity index (χ3v) is 4.59. The number of nitrogens with zero attached hydrogens (tertiary/aromatic N) is 3. The molecule has 132 valence electrons. The zero-order valence-corrected chi connectivity index (χ0v) is 15.4. The van der Waals surface area contributed by atoms with Crippen LogP contribution in [0.3, 0.4) is 0 Å². The number of hydrogen-bond acceptors (Lipinski definition) is 3. The molecule has 1 unspecified atom stereocenters. The van der Waals surface area contributed by atoms with Crippen LogP contribution in [0.5, 0.6) is 0 Å². The Bertz CT molecular complexity index is 537. The van der Waals surface area contributed by atoms with E-state index in [2.05, 4.69) is 36.7 Å². The summed E-state index contributed by atoms with van der Waals surface area (Å²) in [6.45, 7) is 11.1. The minimum absolute atomic E-state index is 0.270. The Kier molecular flexibility index (Phi) is 7.44. The van der Waals surface area contributed by atoms with E-state index in [-0.39, 0.29) is 5.91 Å². The van der Waals surface area contributed by atoms with E-state index in [4.69, 9.17) is 0 Å². The number of carbonyl (C=O) groups excluding carboxylic acids is 1. The Hall–Kier alpha value is -1.68. The molecule has 4 heteroatoms. The molecule has 0 N–H and O–H groups in total. The number of rotatable bonds is 7. The van der Waals surface area contributed by atoms with Gasteiger partial charge in [0.15, 0.2) is 0 Å². The summed E-state index contributed by atoms with van der Waals surface area (Å²) in [6.07, 6.45) is 8.90. The molecular weight excluding hydrogens is 298 g/mol. The van der Waals surface area contributed by atoms with E-state index >= 15 is 0 Å². The predicted octanol–water partition coefficient (Wildman–Crippen LogP) is 3.50. The van der Waals surface area contributed by atoms with E-state index < -0.39 is 0 Å². The third kappa shape index (κ3) is 6.44. The van der Waals surface area contributed by atoms with Gasteiger partial charge in [0.1, 0.15) is 0 Å². The first-order valence-corrected chi connectivity index (χ1v) is 9.07. The van der Waals surface area contributed by atoms with Gasteiger partial charge < -0.3 is 9.80 Å². The quantitative estimate of drug-likeness (QED) is 0.718. The van der Waals surface area contributed by atoms with Crippen molar-refractivity contribution in [1.82, 2.24) is 14.8 Å². The molecule has 2 rings (SSSR count). The van der Waals surface area contributed by atoms with Crippen molar-refractivity contribution in [3.8, 4) is 0 Å². The van der Waals surface area contributed by atoms with Crippen LogP contribution < -0.4 is 0 Å². The fraction of sp³-hybridized carbons (Fsp3) is 0.600. The van der Waals surface area contributed by atoms with Crippen LogP contribution in [0.2, 0.25) is 0 Å². The van der Waals surface area contributed by atoms with Crippen molar-refractivity contribution in [2.45, 2.75) is 46.6 Å².